The number of hydrogen-bond acceptors (Lipinski definition) is 5. The van der Waals surface area contributed by atoms with Gasteiger partial charge in [0.25, 0.3) is 11.8 Å². The molecule has 0 aromatic heterocycles. The number of ether oxygens (including phenoxy) is 2. The standard InChI is InChI=1S/C23H20N2O4/c1-15-18(11-17-9-10-20(28-2)21(12-17)29-3)22(26)25(23(27)19(15)13-24)14-16-7-5-4-6-8-16/h4-12H,14H2,1-3H3/b18-11+. The van der Waals surface area contributed by atoms with E-state index in [0.29, 0.717) is 28.2 Å². The number of benzene rings is 2. The van der Waals surface area contributed by atoms with Gasteiger partial charge in [-0.25, -0.2) is 0 Å². The second-order valence-corrected chi connectivity index (χ2v) is 6.47. The van der Waals surface area contributed by atoms with E-state index in [0.717, 1.165) is 10.5 Å². The van der Waals surface area contributed by atoms with Crippen molar-refractivity contribution in [3.8, 4) is 17.6 Å². The Hall–Kier alpha value is -3.85. The summed E-state index contributed by atoms with van der Waals surface area (Å²) in [6, 6.07) is 16.4. The van der Waals surface area contributed by atoms with Crippen LogP contribution in [0.4, 0.5) is 0 Å². The van der Waals surface area contributed by atoms with E-state index in [1.807, 2.05) is 36.4 Å². The van der Waals surface area contributed by atoms with Gasteiger partial charge >= 0.3 is 0 Å². The van der Waals surface area contributed by atoms with Crippen LogP contribution >= 0.6 is 0 Å². The summed E-state index contributed by atoms with van der Waals surface area (Å²) in [5, 5.41) is 9.51. The first-order valence-corrected chi connectivity index (χ1v) is 8.95. The first kappa shape index (κ1) is 19.9. The molecule has 6 heteroatoms. The second-order valence-electron chi connectivity index (χ2n) is 6.47. The Morgan fingerprint density at radius 2 is 1.69 bits per heavy atom. The summed E-state index contributed by atoms with van der Waals surface area (Å²) in [5.41, 5.74) is 2.12. The molecular weight excluding hydrogens is 368 g/mol. The van der Waals surface area contributed by atoms with E-state index >= 15 is 0 Å². The molecule has 0 unspecified atom stereocenters. The predicted octanol–water partition coefficient (Wildman–Crippen LogP) is 3.50. The number of rotatable bonds is 5. The Morgan fingerprint density at radius 3 is 2.31 bits per heavy atom. The lowest BCUT2D eigenvalue weighted by molar-refractivity contribution is -0.141. The number of nitriles is 1. The van der Waals surface area contributed by atoms with Crippen molar-refractivity contribution >= 4 is 17.9 Å². The molecule has 0 radical (unpaired) electrons. The predicted molar refractivity (Wildman–Crippen MR) is 108 cm³/mol. The van der Waals surface area contributed by atoms with Gasteiger partial charge in [0.05, 0.1) is 20.8 Å². The smallest absolute Gasteiger partial charge is 0.271 e. The van der Waals surface area contributed by atoms with E-state index in [4.69, 9.17) is 9.47 Å². The fraction of sp³-hybridized carbons (Fsp3) is 0.174. The number of hydrogen-bond donors (Lipinski definition) is 0. The summed E-state index contributed by atoms with van der Waals surface area (Å²) in [7, 11) is 3.07. The quantitative estimate of drug-likeness (QED) is 0.579. The van der Waals surface area contributed by atoms with Crippen LogP contribution in [0, 0.1) is 11.3 Å². The van der Waals surface area contributed by atoms with E-state index in [1.54, 1.807) is 38.3 Å². The highest BCUT2D eigenvalue weighted by molar-refractivity contribution is 6.19. The lowest BCUT2D eigenvalue weighted by Gasteiger charge is -2.27. The van der Waals surface area contributed by atoms with Crippen LogP contribution in [0.1, 0.15) is 18.1 Å². The fourth-order valence-corrected chi connectivity index (χ4v) is 3.15. The van der Waals surface area contributed by atoms with E-state index in [-0.39, 0.29) is 12.1 Å². The van der Waals surface area contributed by atoms with E-state index in [2.05, 4.69) is 0 Å². The monoisotopic (exact) mass is 388 g/mol. The lowest BCUT2D eigenvalue weighted by Crippen LogP contribution is -2.42. The van der Waals surface area contributed by atoms with Crippen LogP contribution in [0.3, 0.4) is 0 Å². The molecule has 29 heavy (non-hydrogen) atoms. The zero-order valence-corrected chi connectivity index (χ0v) is 16.4. The molecule has 0 aliphatic carbocycles. The molecule has 2 aromatic rings. The molecule has 0 saturated carbocycles. The van der Waals surface area contributed by atoms with E-state index < -0.39 is 11.8 Å². The molecule has 0 saturated heterocycles. The first-order chi connectivity index (χ1) is 14.0. The van der Waals surface area contributed by atoms with Crippen molar-refractivity contribution in [3.63, 3.8) is 0 Å². The van der Waals surface area contributed by atoms with Crippen LogP contribution in [-0.2, 0) is 16.1 Å². The molecule has 6 nitrogen and oxygen atoms in total. The van der Waals surface area contributed by atoms with Gasteiger partial charge in [0.15, 0.2) is 11.5 Å². The molecular formula is C23H20N2O4. The summed E-state index contributed by atoms with van der Waals surface area (Å²) >= 11 is 0. The second kappa shape index (κ2) is 8.44. The SMILES string of the molecule is COc1ccc(/C=C2/C(=O)N(Cc3ccccc3)C(=O)C(C#N)=C2C)cc1OC. The summed E-state index contributed by atoms with van der Waals surface area (Å²) < 4.78 is 10.5. The third-order valence-corrected chi connectivity index (χ3v) is 4.73. The van der Waals surface area contributed by atoms with Crippen LogP contribution in [-0.4, -0.2) is 30.9 Å². The van der Waals surface area contributed by atoms with Crippen LogP contribution in [0.5, 0.6) is 11.5 Å². The highest BCUT2D eigenvalue weighted by Crippen LogP contribution is 2.31. The van der Waals surface area contributed by atoms with E-state index in [9.17, 15) is 14.9 Å². The number of carbonyl (C=O) groups excluding carboxylic acids is 2. The minimum atomic E-state index is -0.580. The normalized spacial score (nSPS) is 15.5. The van der Waals surface area contributed by atoms with Gasteiger partial charge in [0.2, 0.25) is 0 Å². The minimum Gasteiger partial charge on any atom is -0.493 e. The Balaban J connectivity index is 2.06. The number of carbonyl (C=O) groups is 2. The summed E-state index contributed by atoms with van der Waals surface area (Å²) in [6.45, 7) is 1.71. The minimum absolute atomic E-state index is 0.0349. The zero-order valence-electron chi connectivity index (χ0n) is 16.4. The van der Waals surface area contributed by atoms with Crippen molar-refractivity contribution < 1.29 is 19.1 Å². The lowest BCUT2D eigenvalue weighted by atomic mass is 9.93. The average Bonchev–Trinajstić information content (AvgIpc) is 2.75. The first-order valence-electron chi connectivity index (χ1n) is 8.95. The van der Waals surface area contributed by atoms with Crippen molar-refractivity contribution in [1.29, 1.82) is 5.26 Å². The third-order valence-electron chi connectivity index (χ3n) is 4.73. The molecule has 1 aliphatic rings. The largest absolute Gasteiger partial charge is 0.493 e. The molecule has 0 atom stereocenters. The van der Waals surface area contributed by atoms with Crippen molar-refractivity contribution in [1.82, 2.24) is 4.90 Å². The van der Waals surface area contributed by atoms with Gasteiger partial charge < -0.3 is 9.47 Å². The highest BCUT2D eigenvalue weighted by atomic mass is 16.5. The molecule has 0 bridgehead atoms. The number of amides is 2. The van der Waals surface area contributed by atoms with Crippen molar-refractivity contribution in [3.05, 3.63) is 76.4 Å². The van der Waals surface area contributed by atoms with Crippen molar-refractivity contribution in [2.45, 2.75) is 13.5 Å². The molecule has 1 heterocycles. The third kappa shape index (κ3) is 3.90. The van der Waals surface area contributed by atoms with Crippen LogP contribution < -0.4 is 9.47 Å². The summed E-state index contributed by atoms with van der Waals surface area (Å²) in [5.74, 6) is 0.0633. The summed E-state index contributed by atoms with van der Waals surface area (Å²) in [6.07, 6.45) is 1.65. The highest BCUT2D eigenvalue weighted by Gasteiger charge is 2.35. The van der Waals surface area contributed by atoms with Gasteiger partial charge in [-0.2, -0.15) is 5.26 Å². The Bertz CT molecular complexity index is 1060. The van der Waals surface area contributed by atoms with Gasteiger partial charge in [-0.3, -0.25) is 14.5 Å². The topological polar surface area (TPSA) is 79.6 Å². The molecule has 2 aromatic carbocycles. The van der Waals surface area contributed by atoms with Crippen LogP contribution in [0.2, 0.25) is 0 Å². The number of methoxy groups -OCH3 is 2. The van der Waals surface area contributed by atoms with Crippen molar-refractivity contribution in [2.75, 3.05) is 14.2 Å². The van der Waals surface area contributed by atoms with Crippen molar-refractivity contribution in [2.24, 2.45) is 0 Å². The molecule has 3 rings (SSSR count). The van der Waals surface area contributed by atoms with Crippen LogP contribution in [0.15, 0.2) is 65.3 Å². The molecule has 146 valence electrons. The van der Waals surface area contributed by atoms with Crippen LogP contribution in [0.25, 0.3) is 6.08 Å². The molecule has 0 N–H and O–H groups in total. The number of imide groups is 1. The molecule has 1 aliphatic heterocycles. The van der Waals surface area contributed by atoms with Gasteiger partial charge in [0.1, 0.15) is 11.6 Å². The van der Waals surface area contributed by atoms with E-state index in [1.165, 1.54) is 7.11 Å². The maximum absolute atomic E-state index is 13.1. The Morgan fingerprint density at radius 1 is 1.00 bits per heavy atom. The van der Waals surface area contributed by atoms with Gasteiger partial charge in [-0.05, 0) is 41.8 Å². The van der Waals surface area contributed by atoms with Gasteiger partial charge in [-0.1, -0.05) is 36.4 Å². The maximum atomic E-state index is 13.1. The average molecular weight is 388 g/mol. The molecule has 0 fully saturated rings. The molecule has 2 amide bonds. The fourth-order valence-electron chi connectivity index (χ4n) is 3.15. The maximum Gasteiger partial charge on any atom is 0.271 e. The van der Waals surface area contributed by atoms with Gasteiger partial charge in [0, 0.05) is 5.57 Å². The zero-order chi connectivity index (χ0) is 21.0. The summed E-state index contributed by atoms with van der Waals surface area (Å²) in [4.78, 5) is 27.0. The Kier molecular flexibility index (Phi) is 5.79. The number of nitrogens with zero attached hydrogens (tertiary/aromatic N) is 2. The van der Waals surface area contributed by atoms with Gasteiger partial charge in [-0.15, -0.1) is 0 Å². The molecule has 0 spiro atoms. The Labute approximate surface area is 169 Å².